The second kappa shape index (κ2) is 11.2. The molecule has 0 spiro atoms. The summed E-state index contributed by atoms with van der Waals surface area (Å²) in [5.41, 5.74) is 9.54. The number of ether oxygens (including phenoxy) is 1. The quantitative estimate of drug-likeness (QED) is 0.168. The first-order valence-corrected chi connectivity index (χ1v) is 15.8. The van der Waals surface area contributed by atoms with Crippen molar-refractivity contribution in [1.82, 2.24) is 9.55 Å². The summed E-state index contributed by atoms with van der Waals surface area (Å²) in [7, 11) is 0. The van der Waals surface area contributed by atoms with Crippen LogP contribution in [0.3, 0.4) is 0 Å². The molecule has 5 nitrogen and oxygen atoms in total. The van der Waals surface area contributed by atoms with Gasteiger partial charge in [0.1, 0.15) is 11.7 Å². The van der Waals surface area contributed by atoms with Crippen molar-refractivity contribution in [3.63, 3.8) is 0 Å². The number of aryl methyl sites for hydroxylation is 1. The number of para-hydroxylation sites is 2. The zero-order valence-corrected chi connectivity index (χ0v) is 29.7. The van der Waals surface area contributed by atoms with E-state index in [2.05, 4.69) is 134 Å². The second-order valence-electron chi connectivity index (χ2n) is 14.0. The van der Waals surface area contributed by atoms with Crippen molar-refractivity contribution in [2.75, 3.05) is 11.5 Å². The van der Waals surface area contributed by atoms with Crippen LogP contribution in [0.15, 0.2) is 90.1 Å². The fourth-order valence-corrected chi connectivity index (χ4v) is 6.99. The number of benzene rings is 4. The molecule has 0 aliphatic carbocycles. The summed E-state index contributed by atoms with van der Waals surface area (Å²) in [4.78, 5) is 11.6. The van der Waals surface area contributed by atoms with E-state index in [-0.39, 0.29) is 38.5 Å². The van der Waals surface area contributed by atoms with Crippen LogP contribution in [0.2, 0.25) is 0 Å². The molecule has 0 unspecified atom stereocenters. The maximum atomic E-state index is 7.87. The van der Waals surface area contributed by atoms with Gasteiger partial charge in [-0.25, -0.2) is 4.98 Å². The topological polar surface area (TPSA) is 42.6 Å². The molecule has 2 aromatic heterocycles. The predicted octanol–water partition coefficient (Wildman–Crippen LogP) is 9.66. The molecular formula is C41H38N4OPt. The van der Waals surface area contributed by atoms with Crippen molar-refractivity contribution in [1.29, 1.82) is 0 Å². The Hall–Kier alpha value is -4.21. The van der Waals surface area contributed by atoms with Gasteiger partial charge in [-0.3, -0.25) is 4.99 Å². The molecule has 1 atom stereocenters. The number of anilines is 3. The number of nitrogens with zero attached hydrogens (tertiary/aromatic N) is 4. The smallest absolute Gasteiger partial charge is 0.518 e. The molecule has 0 saturated heterocycles. The van der Waals surface area contributed by atoms with Crippen LogP contribution in [-0.4, -0.2) is 28.1 Å². The van der Waals surface area contributed by atoms with Crippen LogP contribution in [0.1, 0.15) is 73.4 Å². The summed E-state index contributed by atoms with van der Waals surface area (Å²) >= 11 is 0. The molecule has 8 rings (SSSR count). The summed E-state index contributed by atoms with van der Waals surface area (Å²) in [5.74, 6) is 1.16. The van der Waals surface area contributed by atoms with Gasteiger partial charge in [0.05, 0.1) is 12.6 Å². The first-order chi connectivity index (χ1) is 23.2. The van der Waals surface area contributed by atoms with E-state index in [1.165, 1.54) is 11.1 Å². The third-order valence-corrected chi connectivity index (χ3v) is 9.37. The van der Waals surface area contributed by atoms with E-state index in [1.54, 1.807) is 0 Å². The Kier molecular flexibility index (Phi) is 6.64. The molecular weight excluding hydrogens is 760 g/mol. The van der Waals surface area contributed by atoms with Gasteiger partial charge in [-0.2, -0.15) is 6.07 Å². The van der Waals surface area contributed by atoms with E-state index < -0.39 is 12.9 Å². The molecule has 0 fully saturated rings. The Morgan fingerprint density at radius 1 is 0.936 bits per heavy atom. The van der Waals surface area contributed by atoms with Crippen molar-refractivity contribution >= 4 is 44.8 Å². The minimum Gasteiger partial charge on any atom is -0.518 e. The van der Waals surface area contributed by atoms with E-state index in [9.17, 15) is 0 Å². The summed E-state index contributed by atoms with van der Waals surface area (Å²) in [6, 6.07) is 34.3. The Balaban J connectivity index is 0.00000392. The van der Waals surface area contributed by atoms with Gasteiger partial charge in [-0.05, 0) is 64.1 Å². The molecule has 238 valence electrons. The van der Waals surface area contributed by atoms with Crippen LogP contribution in [0.25, 0.3) is 27.6 Å². The van der Waals surface area contributed by atoms with E-state index in [4.69, 9.17) is 13.8 Å². The van der Waals surface area contributed by atoms with E-state index in [1.807, 2.05) is 19.2 Å². The Morgan fingerprint density at radius 3 is 2.51 bits per heavy atom. The van der Waals surface area contributed by atoms with Gasteiger partial charge in [0.2, 0.25) is 0 Å². The monoisotopic (exact) mass is 800 g/mol. The van der Waals surface area contributed by atoms with Gasteiger partial charge in [-0.15, -0.1) is 40.8 Å². The fourth-order valence-electron chi connectivity index (χ4n) is 6.99. The maximum absolute atomic E-state index is 7.87. The van der Waals surface area contributed by atoms with E-state index in [0.29, 0.717) is 11.5 Å². The van der Waals surface area contributed by atoms with Gasteiger partial charge in [-0.1, -0.05) is 94.7 Å². The minimum absolute atomic E-state index is 0. The van der Waals surface area contributed by atoms with Crippen molar-refractivity contribution in [2.45, 2.75) is 65.3 Å². The predicted molar refractivity (Wildman–Crippen MR) is 188 cm³/mol. The van der Waals surface area contributed by atoms with Crippen LogP contribution in [0.4, 0.5) is 17.1 Å². The molecule has 0 saturated carbocycles. The third kappa shape index (κ3) is 5.02. The van der Waals surface area contributed by atoms with Crippen LogP contribution >= 0.6 is 0 Å². The zero-order chi connectivity index (χ0) is 34.5. The summed E-state index contributed by atoms with van der Waals surface area (Å²) < 4.78 is 31.7. The first kappa shape index (κ1) is 27.9. The molecule has 0 radical (unpaired) electrons. The average molecular weight is 801 g/mol. The Labute approximate surface area is 295 Å². The molecule has 6 aromatic rings. The largest absolute Gasteiger partial charge is 2.00 e. The van der Waals surface area contributed by atoms with Crippen LogP contribution in [0.5, 0.6) is 0 Å². The normalized spacial score (nSPS) is 18.0. The Bertz CT molecular complexity index is 2330. The first-order valence-electron chi connectivity index (χ1n) is 17.3. The van der Waals surface area contributed by atoms with Gasteiger partial charge < -0.3 is 14.2 Å². The second-order valence-corrected chi connectivity index (χ2v) is 14.0. The third-order valence-electron chi connectivity index (χ3n) is 9.37. The summed E-state index contributed by atoms with van der Waals surface area (Å²) in [5, 5.41) is 2.26. The molecule has 6 heteroatoms. The molecule has 0 bridgehead atoms. The number of aromatic nitrogens is 2. The molecule has 2 aliphatic heterocycles. The average Bonchev–Trinajstić information content (AvgIpc) is 3.68. The number of pyridine rings is 1. The van der Waals surface area contributed by atoms with Crippen LogP contribution < -0.4 is 4.90 Å². The van der Waals surface area contributed by atoms with Gasteiger partial charge in [0.15, 0.2) is 0 Å². The van der Waals surface area contributed by atoms with Gasteiger partial charge in [0, 0.05) is 21.5 Å². The number of aliphatic imine (C=N–C) groups is 1. The molecule has 0 N–H and O–H groups in total. The number of hydrogen-bond donors (Lipinski definition) is 0. The van der Waals surface area contributed by atoms with Crippen molar-refractivity contribution in [3.8, 4) is 5.82 Å². The van der Waals surface area contributed by atoms with Crippen molar-refractivity contribution in [3.05, 3.63) is 125 Å². The zero-order valence-electron chi connectivity index (χ0n) is 30.4. The molecule has 4 aromatic carbocycles. The summed E-state index contributed by atoms with van der Waals surface area (Å²) in [6.07, 6.45) is 1.90. The molecule has 0 amide bonds. The standard InChI is InChI=1S/C41H38N4O.Pt/c1-25-18-27(39-43-26(2)24-46-39)20-29(19-25)44-35-15-11-9-13-32(35)41(6,7)33-22-31-30-12-8-10-14-34(30)45(36(31)23-37(33)44)38-21-28(16-17-42-38)40(3,4)5;/h8-19,21-22,26H,24H2,1-7H3;/q-2;+2/t26-;/m1./s1/i2D3;. The Morgan fingerprint density at radius 2 is 1.72 bits per heavy atom. The maximum Gasteiger partial charge on any atom is 2.00 e. The number of hydrogen-bond acceptors (Lipinski definition) is 4. The van der Waals surface area contributed by atoms with Crippen molar-refractivity contribution in [2.24, 2.45) is 4.99 Å². The fraction of sp³-hybridized carbons (Fsp3) is 0.268. The molecule has 47 heavy (non-hydrogen) atoms. The van der Waals surface area contributed by atoms with E-state index >= 15 is 0 Å². The number of fused-ring (bicyclic) bond motifs is 5. The minimum atomic E-state index is -2.23. The number of rotatable bonds is 3. The van der Waals surface area contributed by atoms with Gasteiger partial charge in [0.25, 0.3) is 0 Å². The van der Waals surface area contributed by atoms with E-state index in [0.717, 1.165) is 55.8 Å². The summed E-state index contributed by atoms with van der Waals surface area (Å²) in [6.45, 7) is 11.0. The van der Waals surface area contributed by atoms with Crippen LogP contribution in [-0.2, 0) is 36.6 Å². The van der Waals surface area contributed by atoms with Crippen molar-refractivity contribution < 1.29 is 29.9 Å². The van der Waals surface area contributed by atoms with Crippen LogP contribution in [0, 0.1) is 19.1 Å². The SMILES string of the molecule is [2H]C([2H])([2H])[C@@H]1COC(c2[c-]c(N3c4[c-]c5c(cc4C(C)(C)c4ccccc43)c3ccccc3n5-c3cc(C(C)(C)C)ccn3)cc(C)c2)=N1.[Pt+2]. The molecule has 4 heterocycles. The molecule has 2 aliphatic rings. The van der Waals surface area contributed by atoms with Gasteiger partial charge >= 0.3 is 21.1 Å².